The molecule has 2 atom stereocenters. The summed E-state index contributed by atoms with van der Waals surface area (Å²) in [5, 5.41) is 0. The second-order valence-electron chi connectivity index (χ2n) is 6.27. The molecule has 1 aromatic rings. The van der Waals surface area contributed by atoms with Crippen molar-refractivity contribution in [3.05, 3.63) is 35.4 Å². The van der Waals surface area contributed by atoms with Crippen LogP contribution in [0.3, 0.4) is 0 Å². The molecule has 1 unspecified atom stereocenters. The van der Waals surface area contributed by atoms with E-state index in [0.29, 0.717) is 6.42 Å². The molecule has 2 heterocycles. The number of hydrogen-bond donors (Lipinski definition) is 0. The molecule has 0 aromatic heterocycles. The van der Waals surface area contributed by atoms with Crippen molar-refractivity contribution in [2.24, 2.45) is 0 Å². The van der Waals surface area contributed by atoms with Crippen molar-refractivity contribution < 1.29 is 14.3 Å². The predicted molar refractivity (Wildman–Crippen MR) is 78.8 cm³/mol. The molecule has 0 saturated carbocycles. The van der Waals surface area contributed by atoms with Gasteiger partial charge in [-0.25, -0.2) is 0 Å². The summed E-state index contributed by atoms with van der Waals surface area (Å²) in [6, 6.07) is 4.11. The average Bonchev–Trinajstić information content (AvgIpc) is 2.72. The van der Waals surface area contributed by atoms with E-state index in [1.54, 1.807) is 13.2 Å². The largest absolute Gasteiger partial charge is 0.493 e. The van der Waals surface area contributed by atoms with E-state index < -0.39 is 0 Å². The highest BCUT2D eigenvalue weighted by Crippen LogP contribution is 2.55. The zero-order chi connectivity index (χ0) is 14.6. The molecule has 0 radical (unpaired) electrons. The Labute approximate surface area is 124 Å². The fraction of sp³-hybridized carbons (Fsp3) is 0.471. The quantitative estimate of drug-likeness (QED) is 0.791. The van der Waals surface area contributed by atoms with Crippen LogP contribution < -0.4 is 9.47 Å². The van der Waals surface area contributed by atoms with Gasteiger partial charge >= 0.3 is 0 Å². The molecule has 1 aromatic carbocycles. The SMILES string of the molecule is COc1ccc2c3c1O[C@H]1CC(=O)C=CC31CCN(C)C2. The third-order valence-electron chi connectivity index (χ3n) is 5.03. The Kier molecular flexibility index (Phi) is 2.67. The van der Waals surface area contributed by atoms with E-state index in [1.165, 1.54) is 11.1 Å². The van der Waals surface area contributed by atoms with Crippen molar-refractivity contribution in [2.75, 3.05) is 20.7 Å². The maximum Gasteiger partial charge on any atom is 0.166 e. The van der Waals surface area contributed by atoms with Crippen molar-refractivity contribution in [3.8, 4) is 11.5 Å². The first kappa shape index (κ1) is 12.9. The van der Waals surface area contributed by atoms with Gasteiger partial charge in [0.1, 0.15) is 6.10 Å². The first-order valence-electron chi connectivity index (χ1n) is 7.41. The van der Waals surface area contributed by atoms with E-state index in [4.69, 9.17) is 9.47 Å². The number of ether oxygens (including phenoxy) is 2. The van der Waals surface area contributed by atoms with Gasteiger partial charge in [-0.2, -0.15) is 0 Å². The zero-order valence-corrected chi connectivity index (χ0v) is 12.4. The van der Waals surface area contributed by atoms with Gasteiger partial charge in [-0.1, -0.05) is 12.1 Å². The average molecular weight is 285 g/mol. The molecule has 4 heteroatoms. The molecular weight excluding hydrogens is 266 g/mol. The highest BCUT2D eigenvalue weighted by atomic mass is 16.5. The molecule has 1 aliphatic carbocycles. The molecule has 3 aliphatic rings. The fourth-order valence-electron chi connectivity index (χ4n) is 3.95. The molecule has 1 spiro atoms. The molecule has 0 amide bonds. The number of nitrogens with zero attached hydrogens (tertiary/aromatic N) is 1. The molecule has 4 rings (SSSR count). The Bertz CT molecular complexity index is 652. The van der Waals surface area contributed by atoms with Crippen molar-refractivity contribution >= 4 is 5.78 Å². The third kappa shape index (κ3) is 1.69. The molecule has 0 N–H and O–H groups in total. The zero-order valence-electron chi connectivity index (χ0n) is 12.4. The number of carbonyl (C=O) groups excluding carboxylic acids is 1. The van der Waals surface area contributed by atoms with Crippen LogP contribution in [0.2, 0.25) is 0 Å². The van der Waals surface area contributed by atoms with Crippen LogP contribution in [0.5, 0.6) is 11.5 Å². The van der Waals surface area contributed by atoms with Gasteiger partial charge in [0.15, 0.2) is 17.3 Å². The van der Waals surface area contributed by atoms with Gasteiger partial charge in [0.2, 0.25) is 0 Å². The third-order valence-corrected chi connectivity index (χ3v) is 5.03. The monoisotopic (exact) mass is 285 g/mol. The minimum Gasteiger partial charge on any atom is -0.493 e. The first-order chi connectivity index (χ1) is 10.1. The minimum atomic E-state index is -0.169. The lowest BCUT2D eigenvalue weighted by Crippen LogP contribution is -2.41. The summed E-state index contributed by atoms with van der Waals surface area (Å²) in [4.78, 5) is 14.1. The molecule has 0 fully saturated rings. The van der Waals surface area contributed by atoms with E-state index in [0.717, 1.165) is 31.0 Å². The summed E-state index contributed by atoms with van der Waals surface area (Å²) in [5.74, 6) is 1.76. The lowest BCUT2D eigenvalue weighted by Gasteiger charge is -2.33. The lowest BCUT2D eigenvalue weighted by atomic mass is 9.69. The molecule has 0 saturated heterocycles. The maximum absolute atomic E-state index is 11.8. The van der Waals surface area contributed by atoms with Crippen molar-refractivity contribution in [1.82, 2.24) is 4.90 Å². The summed E-state index contributed by atoms with van der Waals surface area (Å²) in [6.45, 7) is 1.90. The van der Waals surface area contributed by atoms with E-state index in [-0.39, 0.29) is 17.3 Å². The topological polar surface area (TPSA) is 38.8 Å². The van der Waals surface area contributed by atoms with Crippen molar-refractivity contribution in [3.63, 3.8) is 0 Å². The Balaban J connectivity index is 1.97. The lowest BCUT2D eigenvalue weighted by molar-refractivity contribution is -0.117. The molecule has 110 valence electrons. The standard InChI is InChI=1S/C17H19NO3/c1-18-8-7-17-6-5-12(19)9-14(17)21-16-13(20-2)4-3-11(10-18)15(16)17/h3-6,14H,7-10H2,1-2H3/t14-,17?/m0/s1. The van der Waals surface area contributed by atoms with E-state index in [1.807, 2.05) is 6.07 Å². The summed E-state index contributed by atoms with van der Waals surface area (Å²) >= 11 is 0. The molecular formula is C17H19NO3. The summed E-state index contributed by atoms with van der Waals surface area (Å²) in [7, 11) is 3.81. The summed E-state index contributed by atoms with van der Waals surface area (Å²) in [6.07, 6.45) is 5.16. The molecule has 21 heavy (non-hydrogen) atoms. The highest BCUT2D eigenvalue weighted by molar-refractivity contribution is 5.92. The Morgan fingerprint density at radius 2 is 2.29 bits per heavy atom. The number of hydrogen-bond acceptors (Lipinski definition) is 4. The first-order valence-corrected chi connectivity index (χ1v) is 7.41. The summed E-state index contributed by atoms with van der Waals surface area (Å²) < 4.78 is 11.7. The number of ketones is 1. The normalized spacial score (nSPS) is 30.4. The van der Waals surface area contributed by atoms with Gasteiger partial charge in [-0.3, -0.25) is 4.79 Å². The Hall–Kier alpha value is -1.81. The highest BCUT2D eigenvalue weighted by Gasteiger charge is 2.52. The number of benzene rings is 1. The van der Waals surface area contributed by atoms with E-state index in [2.05, 4.69) is 24.1 Å². The van der Waals surface area contributed by atoms with E-state index >= 15 is 0 Å². The van der Waals surface area contributed by atoms with Crippen LogP contribution in [0.4, 0.5) is 0 Å². The smallest absolute Gasteiger partial charge is 0.166 e. The van der Waals surface area contributed by atoms with Crippen LogP contribution in [-0.4, -0.2) is 37.5 Å². The Morgan fingerprint density at radius 3 is 3.10 bits per heavy atom. The second kappa shape index (κ2) is 4.34. The van der Waals surface area contributed by atoms with Gasteiger partial charge < -0.3 is 14.4 Å². The number of allylic oxidation sites excluding steroid dienone is 1. The van der Waals surface area contributed by atoms with E-state index in [9.17, 15) is 4.79 Å². The van der Waals surface area contributed by atoms with Crippen LogP contribution in [0.1, 0.15) is 24.0 Å². The van der Waals surface area contributed by atoms with Gasteiger partial charge in [0.25, 0.3) is 0 Å². The van der Waals surface area contributed by atoms with Crippen LogP contribution in [-0.2, 0) is 16.8 Å². The number of methoxy groups -OCH3 is 1. The van der Waals surface area contributed by atoms with Crippen molar-refractivity contribution in [2.45, 2.75) is 30.9 Å². The van der Waals surface area contributed by atoms with Gasteiger partial charge in [-0.05, 0) is 37.7 Å². The van der Waals surface area contributed by atoms with Gasteiger partial charge in [-0.15, -0.1) is 0 Å². The van der Waals surface area contributed by atoms with Crippen LogP contribution >= 0.6 is 0 Å². The second-order valence-corrected chi connectivity index (χ2v) is 6.27. The number of rotatable bonds is 1. The van der Waals surface area contributed by atoms with Gasteiger partial charge in [0, 0.05) is 18.5 Å². The van der Waals surface area contributed by atoms with Gasteiger partial charge in [0.05, 0.1) is 12.5 Å². The molecule has 4 nitrogen and oxygen atoms in total. The van der Waals surface area contributed by atoms with Crippen LogP contribution in [0, 0.1) is 0 Å². The fourth-order valence-corrected chi connectivity index (χ4v) is 3.95. The minimum absolute atomic E-state index is 0.0912. The van der Waals surface area contributed by atoms with Crippen LogP contribution in [0.15, 0.2) is 24.3 Å². The molecule has 2 aliphatic heterocycles. The number of carbonyl (C=O) groups is 1. The maximum atomic E-state index is 11.8. The Morgan fingerprint density at radius 1 is 1.43 bits per heavy atom. The van der Waals surface area contributed by atoms with Crippen molar-refractivity contribution in [1.29, 1.82) is 0 Å². The predicted octanol–water partition coefficient (Wildman–Crippen LogP) is 2.06. The summed E-state index contributed by atoms with van der Waals surface area (Å²) in [5.41, 5.74) is 2.35. The molecule has 0 bridgehead atoms. The van der Waals surface area contributed by atoms with Crippen LogP contribution in [0.25, 0.3) is 0 Å².